The van der Waals surface area contributed by atoms with Crippen LogP contribution in [-0.2, 0) is 14.6 Å². The SMILES string of the molecule is O=C(O)C(CN1CCCS(=O)(=O)CC1)NC1CC1. The molecule has 1 atom stereocenters. The molecule has 1 saturated heterocycles. The van der Waals surface area contributed by atoms with Crippen LogP contribution in [-0.4, -0.2) is 67.6 Å². The maximum absolute atomic E-state index is 11.5. The van der Waals surface area contributed by atoms with Crippen molar-refractivity contribution in [2.24, 2.45) is 0 Å². The molecule has 0 aromatic carbocycles. The van der Waals surface area contributed by atoms with Crippen molar-refractivity contribution >= 4 is 15.8 Å². The zero-order valence-electron chi connectivity index (χ0n) is 10.3. The third-order valence-corrected chi connectivity index (χ3v) is 5.12. The first-order valence-corrected chi connectivity index (χ1v) is 8.20. The number of nitrogens with zero attached hydrogens (tertiary/aromatic N) is 1. The highest BCUT2D eigenvalue weighted by molar-refractivity contribution is 7.91. The third-order valence-electron chi connectivity index (χ3n) is 3.40. The Morgan fingerprint density at radius 1 is 1.33 bits per heavy atom. The molecule has 1 heterocycles. The Kier molecular flexibility index (Phi) is 4.24. The molecule has 2 N–H and O–H groups in total. The fourth-order valence-electron chi connectivity index (χ4n) is 2.17. The highest BCUT2D eigenvalue weighted by Gasteiger charge is 2.30. The summed E-state index contributed by atoms with van der Waals surface area (Å²) in [6, 6.07) is -0.250. The summed E-state index contributed by atoms with van der Waals surface area (Å²) in [4.78, 5) is 13.1. The molecule has 7 heteroatoms. The van der Waals surface area contributed by atoms with Crippen LogP contribution in [0.4, 0.5) is 0 Å². The average molecular weight is 276 g/mol. The van der Waals surface area contributed by atoms with Gasteiger partial charge in [-0.1, -0.05) is 0 Å². The number of rotatable bonds is 5. The van der Waals surface area contributed by atoms with Gasteiger partial charge < -0.3 is 15.3 Å². The van der Waals surface area contributed by atoms with Gasteiger partial charge in [0.2, 0.25) is 0 Å². The molecule has 0 spiro atoms. The molecule has 1 saturated carbocycles. The Morgan fingerprint density at radius 2 is 2.06 bits per heavy atom. The van der Waals surface area contributed by atoms with E-state index in [0.717, 1.165) is 12.8 Å². The second-order valence-corrected chi connectivity index (χ2v) is 7.44. The van der Waals surface area contributed by atoms with Crippen LogP contribution in [0.1, 0.15) is 19.3 Å². The van der Waals surface area contributed by atoms with Crippen LogP contribution >= 0.6 is 0 Å². The molecule has 1 aliphatic heterocycles. The number of nitrogens with one attached hydrogen (secondary N) is 1. The van der Waals surface area contributed by atoms with Crippen LogP contribution in [0.15, 0.2) is 0 Å². The van der Waals surface area contributed by atoms with Crippen molar-refractivity contribution in [2.75, 3.05) is 31.1 Å². The van der Waals surface area contributed by atoms with E-state index in [1.807, 2.05) is 4.90 Å². The highest BCUT2D eigenvalue weighted by Crippen LogP contribution is 2.19. The number of hydrogen-bond donors (Lipinski definition) is 2. The molecule has 0 radical (unpaired) electrons. The van der Waals surface area contributed by atoms with Crippen molar-refractivity contribution in [1.82, 2.24) is 10.2 Å². The van der Waals surface area contributed by atoms with Gasteiger partial charge in [0.05, 0.1) is 11.5 Å². The van der Waals surface area contributed by atoms with Crippen LogP contribution in [0.3, 0.4) is 0 Å². The van der Waals surface area contributed by atoms with Gasteiger partial charge in [0.15, 0.2) is 9.84 Å². The fourth-order valence-corrected chi connectivity index (χ4v) is 3.48. The molecule has 1 aliphatic carbocycles. The van der Waals surface area contributed by atoms with Crippen LogP contribution in [0.25, 0.3) is 0 Å². The molecule has 0 aromatic rings. The summed E-state index contributed by atoms with van der Waals surface area (Å²) in [5.74, 6) is -0.492. The molecule has 0 aromatic heterocycles. The van der Waals surface area contributed by atoms with Gasteiger partial charge in [-0.05, 0) is 25.8 Å². The second-order valence-electron chi connectivity index (χ2n) is 5.14. The molecule has 18 heavy (non-hydrogen) atoms. The van der Waals surface area contributed by atoms with E-state index >= 15 is 0 Å². The molecule has 2 aliphatic rings. The number of sulfone groups is 1. The second kappa shape index (κ2) is 5.54. The molecule has 6 nitrogen and oxygen atoms in total. The molecule has 0 bridgehead atoms. The third kappa shape index (κ3) is 4.22. The largest absolute Gasteiger partial charge is 0.480 e. The Labute approximate surface area is 107 Å². The summed E-state index contributed by atoms with van der Waals surface area (Å²) in [6.07, 6.45) is 2.68. The monoisotopic (exact) mass is 276 g/mol. The normalized spacial score (nSPS) is 26.4. The maximum Gasteiger partial charge on any atom is 0.322 e. The van der Waals surface area contributed by atoms with E-state index in [1.54, 1.807) is 0 Å². The van der Waals surface area contributed by atoms with Crippen molar-refractivity contribution in [3.05, 3.63) is 0 Å². The molecular formula is C11H20N2O4S. The van der Waals surface area contributed by atoms with Gasteiger partial charge in [-0.2, -0.15) is 0 Å². The lowest BCUT2D eigenvalue weighted by molar-refractivity contribution is -0.140. The van der Waals surface area contributed by atoms with E-state index < -0.39 is 21.8 Å². The predicted molar refractivity (Wildman–Crippen MR) is 67.3 cm³/mol. The van der Waals surface area contributed by atoms with Gasteiger partial charge in [0, 0.05) is 19.1 Å². The lowest BCUT2D eigenvalue weighted by Gasteiger charge is -2.24. The van der Waals surface area contributed by atoms with Gasteiger partial charge >= 0.3 is 5.97 Å². The molecular weight excluding hydrogens is 256 g/mol. The first kappa shape index (κ1) is 13.8. The van der Waals surface area contributed by atoms with E-state index in [1.165, 1.54) is 0 Å². The van der Waals surface area contributed by atoms with E-state index in [2.05, 4.69) is 5.32 Å². The van der Waals surface area contributed by atoms with Crippen molar-refractivity contribution in [3.63, 3.8) is 0 Å². The summed E-state index contributed by atoms with van der Waals surface area (Å²) in [5.41, 5.74) is 0. The predicted octanol–water partition coefficient (Wildman–Crippen LogP) is -0.688. The number of aliphatic carboxylic acids is 1. The van der Waals surface area contributed by atoms with Crippen LogP contribution in [0.2, 0.25) is 0 Å². The van der Waals surface area contributed by atoms with E-state index in [0.29, 0.717) is 32.1 Å². The summed E-state index contributed by atoms with van der Waals surface area (Å²) in [7, 11) is -2.93. The first-order chi connectivity index (χ1) is 8.46. The lowest BCUT2D eigenvalue weighted by atomic mass is 10.2. The standard InChI is InChI=1S/C11H20N2O4S/c14-11(15)10(12-9-2-3-9)8-13-4-1-6-18(16,17)7-5-13/h9-10,12H,1-8H2,(H,14,15). The van der Waals surface area contributed by atoms with Gasteiger partial charge in [-0.3, -0.25) is 4.79 Å². The highest BCUT2D eigenvalue weighted by atomic mass is 32.2. The Bertz CT molecular complexity index is 405. The summed E-state index contributed by atoms with van der Waals surface area (Å²) in [6.45, 7) is 1.50. The van der Waals surface area contributed by atoms with Crippen molar-refractivity contribution in [2.45, 2.75) is 31.3 Å². The van der Waals surface area contributed by atoms with Crippen molar-refractivity contribution < 1.29 is 18.3 Å². The maximum atomic E-state index is 11.5. The molecule has 2 fully saturated rings. The minimum Gasteiger partial charge on any atom is -0.480 e. The average Bonchev–Trinajstić information content (AvgIpc) is 3.07. The fraction of sp³-hybridized carbons (Fsp3) is 0.909. The lowest BCUT2D eigenvalue weighted by Crippen LogP contribution is -2.47. The van der Waals surface area contributed by atoms with E-state index in [9.17, 15) is 13.2 Å². The van der Waals surface area contributed by atoms with Crippen LogP contribution in [0.5, 0.6) is 0 Å². The topological polar surface area (TPSA) is 86.7 Å². The minimum atomic E-state index is -2.93. The number of hydrogen-bond acceptors (Lipinski definition) is 5. The van der Waals surface area contributed by atoms with Gasteiger partial charge in [0.1, 0.15) is 6.04 Å². The van der Waals surface area contributed by atoms with Crippen LogP contribution in [0, 0.1) is 0 Å². The summed E-state index contributed by atoms with van der Waals surface area (Å²) in [5, 5.41) is 12.2. The number of carboxylic acid groups (broad SMARTS) is 1. The van der Waals surface area contributed by atoms with Crippen LogP contribution < -0.4 is 5.32 Å². The quantitative estimate of drug-likeness (QED) is 0.691. The summed E-state index contributed by atoms with van der Waals surface area (Å²) < 4.78 is 22.9. The smallest absolute Gasteiger partial charge is 0.322 e. The Morgan fingerprint density at radius 3 is 2.67 bits per heavy atom. The van der Waals surface area contributed by atoms with E-state index in [4.69, 9.17) is 5.11 Å². The molecule has 2 rings (SSSR count). The number of carboxylic acids is 1. The van der Waals surface area contributed by atoms with Crippen molar-refractivity contribution in [1.29, 1.82) is 0 Å². The Balaban J connectivity index is 1.87. The zero-order chi connectivity index (χ0) is 13.2. The van der Waals surface area contributed by atoms with Gasteiger partial charge in [0.25, 0.3) is 0 Å². The zero-order valence-corrected chi connectivity index (χ0v) is 11.2. The molecule has 104 valence electrons. The summed E-state index contributed by atoms with van der Waals surface area (Å²) >= 11 is 0. The van der Waals surface area contributed by atoms with Gasteiger partial charge in [-0.15, -0.1) is 0 Å². The molecule has 0 amide bonds. The Hall–Kier alpha value is -0.660. The van der Waals surface area contributed by atoms with E-state index in [-0.39, 0.29) is 11.5 Å². The van der Waals surface area contributed by atoms with Gasteiger partial charge in [-0.25, -0.2) is 8.42 Å². The van der Waals surface area contributed by atoms with Crippen molar-refractivity contribution in [3.8, 4) is 0 Å². The minimum absolute atomic E-state index is 0.142. The molecule has 1 unspecified atom stereocenters. The number of carbonyl (C=O) groups is 1. The first-order valence-electron chi connectivity index (χ1n) is 6.38.